The minimum Gasteiger partial charge on any atom is -0.422 e. The minimum absolute atomic E-state index is 0.170. The summed E-state index contributed by atoms with van der Waals surface area (Å²) in [5, 5.41) is 1.36. The second-order valence-corrected chi connectivity index (χ2v) is 3.19. The van der Waals surface area contributed by atoms with E-state index in [-0.39, 0.29) is 11.9 Å². The van der Waals surface area contributed by atoms with Crippen molar-refractivity contribution in [3.8, 4) is 0 Å². The van der Waals surface area contributed by atoms with Gasteiger partial charge < -0.3 is 16.2 Å². The molecule has 1 unspecified atom stereocenters. The van der Waals surface area contributed by atoms with Crippen LogP contribution in [0.3, 0.4) is 0 Å². The third-order valence-corrected chi connectivity index (χ3v) is 1.87. The van der Waals surface area contributed by atoms with Crippen LogP contribution in [0.2, 0.25) is 0 Å². The zero-order valence-electron chi connectivity index (χ0n) is 10.6. The highest BCUT2D eigenvalue weighted by Crippen LogP contribution is 2.14. The number of hydrogen-bond acceptors (Lipinski definition) is 6. The summed E-state index contributed by atoms with van der Waals surface area (Å²) in [6, 6.07) is -0.676. The SMILES string of the molecule is CON1C(=O)N=C1N(OC)C(=O)OC(C)N=C(N)N. The first-order chi connectivity index (χ1) is 8.90. The Hall–Kier alpha value is -2.40. The van der Waals surface area contributed by atoms with Crippen molar-refractivity contribution in [3.05, 3.63) is 0 Å². The van der Waals surface area contributed by atoms with E-state index in [0.717, 1.165) is 5.06 Å². The Labute approximate surface area is 108 Å². The number of nitrogens with zero attached hydrogens (tertiary/aromatic N) is 4. The molecule has 0 radical (unpaired) electrons. The van der Waals surface area contributed by atoms with E-state index >= 15 is 0 Å². The van der Waals surface area contributed by atoms with Gasteiger partial charge in [-0.05, 0) is 6.92 Å². The fourth-order valence-corrected chi connectivity index (χ4v) is 1.17. The van der Waals surface area contributed by atoms with E-state index in [0.29, 0.717) is 5.06 Å². The Morgan fingerprint density at radius 1 is 1.47 bits per heavy atom. The van der Waals surface area contributed by atoms with Crippen LogP contribution in [0.15, 0.2) is 9.98 Å². The third-order valence-electron chi connectivity index (χ3n) is 1.87. The van der Waals surface area contributed by atoms with E-state index in [2.05, 4.69) is 14.8 Å². The lowest BCUT2D eigenvalue weighted by molar-refractivity contribution is -0.108. The fourth-order valence-electron chi connectivity index (χ4n) is 1.17. The average molecular weight is 274 g/mol. The van der Waals surface area contributed by atoms with Gasteiger partial charge in [0.25, 0.3) is 5.96 Å². The summed E-state index contributed by atoms with van der Waals surface area (Å²) in [5.74, 6) is -0.407. The molecule has 0 saturated carbocycles. The first-order valence-electron chi connectivity index (χ1n) is 5.01. The summed E-state index contributed by atoms with van der Waals surface area (Å²) < 4.78 is 4.84. The molecule has 1 aliphatic rings. The molecule has 1 atom stereocenters. The lowest BCUT2D eigenvalue weighted by atomic mass is 10.6. The van der Waals surface area contributed by atoms with E-state index in [1.807, 2.05) is 0 Å². The van der Waals surface area contributed by atoms with Crippen LogP contribution >= 0.6 is 0 Å². The second-order valence-electron chi connectivity index (χ2n) is 3.19. The Morgan fingerprint density at radius 2 is 2.11 bits per heavy atom. The molecule has 0 fully saturated rings. The van der Waals surface area contributed by atoms with Crippen LogP contribution in [0.4, 0.5) is 9.59 Å². The molecule has 0 saturated heterocycles. The van der Waals surface area contributed by atoms with Gasteiger partial charge in [0.05, 0.1) is 14.2 Å². The lowest BCUT2D eigenvalue weighted by Crippen LogP contribution is -2.54. The summed E-state index contributed by atoms with van der Waals surface area (Å²) >= 11 is 0. The van der Waals surface area contributed by atoms with Crippen LogP contribution in [-0.4, -0.2) is 54.6 Å². The second kappa shape index (κ2) is 5.97. The number of amides is 3. The van der Waals surface area contributed by atoms with Crippen LogP contribution in [0, 0.1) is 0 Å². The number of urea groups is 1. The van der Waals surface area contributed by atoms with E-state index in [9.17, 15) is 9.59 Å². The smallest absolute Gasteiger partial charge is 0.422 e. The van der Waals surface area contributed by atoms with Crippen LogP contribution in [0.1, 0.15) is 6.92 Å². The van der Waals surface area contributed by atoms with Crippen molar-refractivity contribution < 1.29 is 24.0 Å². The topological polar surface area (TPSA) is 145 Å². The van der Waals surface area contributed by atoms with Crippen LogP contribution in [0.5, 0.6) is 0 Å². The van der Waals surface area contributed by atoms with Crippen molar-refractivity contribution in [1.29, 1.82) is 0 Å². The van der Waals surface area contributed by atoms with Gasteiger partial charge in [-0.15, -0.1) is 10.1 Å². The Balaban J connectivity index is 2.71. The van der Waals surface area contributed by atoms with E-state index in [1.165, 1.54) is 21.1 Å². The third kappa shape index (κ3) is 3.29. The first-order valence-corrected chi connectivity index (χ1v) is 5.01. The zero-order valence-corrected chi connectivity index (χ0v) is 10.6. The Kier molecular flexibility index (Phi) is 4.61. The molecule has 11 nitrogen and oxygen atoms in total. The molecular weight excluding hydrogens is 260 g/mol. The van der Waals surface area contributed by atoms with E-state index < -0.39 is 18.4 Å². The first kappa shape index (κ1) is 14.7. The molecule has 3 amide bonds. The number of rotatable bonds is 4. The molecule has 0 aromatic carbocycles. The Morgan fingerprint density at radius 3 is 2.53 bits per heavy atom. The van der Waals surface area contributed by atoms with Crippen molar-refractivity contribution in [2.24, 2.45) is 21.5 Å². The number of nitrogens with two attached hydrogens (primary N) is 2. The summed E-state index contributed by atoms with van der Waals surface area (Å²) in [4.78, 5) is 39.2. The molecule has 106 valence electrons. The van der Waals surface area contributed by atoms with Crippen LogP contribution < -0.4 is 11.5 Å². The van der Waals surface area contributed by atoms with Gasteiger partial charge in [-0.1, -0.05) is 0 Å². The maximum absolute atomic E-state index is 11.7. The number of carbonyl (C=O) groups excluding carboxylic acids is 2. The lowest BCUT2D eigenvalue weighted by Gasteiger charge is -2.31. The van der Waals surface area contributed by atoms with Gasteiger partial charge in [0.1, 0.15) is 0 Å². The van der Waals surface area contributed by atoms with E-state index in [4.69, 9.17) is 21.0 Å². The summed E-state index contributed by atoms with van der Waals surface area (Å²) in [6.07, 6.45) is -1.89. The zero-order chi connectivity index (χ0) is 14.6. The van der Waals surface area contributed by atoms with Gasteiger partial charge in [-0.2, -0.15) is 4.99 Å². The molecular formula is C8H14N6O5. The predicted molar refractivity (Wildman–Crippen MR) is 62.3 cm³/mol. The van der Waals surface area contributed by atoms with Crippen molar-refractivity contribution >= 4 is 24.0 Å². The summed E-state index contributed by atoms with van der Waals surface area (Å²) in [5.41, 5.74) is 10.3. The van der Waals surface area contributed by atoms with Gasteiger partial charge >= 0.3 is 12.1 Å². The number of hydroxylamine groups is 4. The van der Waals surface area contributed by atoms with Crippen molar-refractivity contribution in [3.63, 3.8) is 0 Å². The van der Waals surface area contributed by atoms with Crippen LogP contribution in [0.25, 0.3) is 0 Å². The molecule has 19 heavy (non-hydrogen) atoms. The highest BCUT2D eigenvalue weighted by atomic mass is 16.8. The number of hydrogen-bond donors (Lipinski definition) is 2. The fraction of sp³-hybridized carbons (Fsp3) is 0.500. The predicted octanol–water partition coefficient (Wildman–Crippen LogP) is -1.04. The van der Waals surface area contributed by atoms with Gasteiger partial charge in [0, 0.05) is 0 Å². The molecule has 0 aromatic heterocycles. The number of aliphatic imine (C=N–C) groups is 2. The normalized spacial score (nSPS) is 15.2. The van der Waals surface area contributed by atoms with Gasteiger partial charge in [0.15, 0.2) is 12.2 Å². The molecule has 4 N–H and O–H groups in total. The average Bonchev–Trinajstić information content (AvgIpc) is 2.27. The maximum Gasteiger partial charge on any atom is 0.443 e. The number of ether oxygens (including phenoxy) is 1. The van der Waals surface area contributed by atoms with Crippen LogP contribution in [-0.2, 0) is 14.4 Å². The molecule has 0 spiro atoms. The van der Waals surface area contributed by atoms with Gasteiger partial charge in [-0.3, -0.25) is 9.68 Å². The number of carbonyl (C=O) groups is 2. The van der Waals surface area contributed by atoms with Crippen molar-refractivity contribution in [2.45, 2.75) is 13.2 Å². The number of guanidine groups is 2. The molecule has 1 aliphatic heterocycles. The largest absolute Gasteiger partial charge is 0.443 e. The summed E-state index contributed by atoms with van der Waals surface area (Å²) in [6.45, 7) is 1.44. The monoisotopic (exact) mass is 274 g/mol. The molecule has 0 aliphatic carbocycles. The van der Waals surface area contributed by atoms with Crippen molar-refractivity contribution in [1.82, 2.24) is 10.1 Å². The van der Waals surface area contributed by atoms with E-state index in [1.54, 1.807) is 0 Å². The standard InChI is InChI=1S/C8H14N6O5/c1-4(11-5(9)10)19-8(16)14(18-3)6-12-7(15)13(6)17-2/h4H,1-3H3,(H4,9,10,11). The molecule has 1 heterocycles. The molecule has 11 heteroatoms. The van der Waals surface area contributed by atoms with Gasteiger partial charge in [-0.25, -0.2) is 14.6 Å². The molecule has 0 bridgehead atoms. The molecule has 0 aromatic rings. The summed E-state index contributed by atoms with van der Waals surface area (Å²) in [7, 11) is 2.42. The minimum atomic E-state index is -0.965. The Bertz CT molecular complexity index is 431. The quantitative estimate of drug-likeness (QED) is 0.378. The highest BCUT2D eigenvalue weighted by Gasteiger charge is 2.39. The van der Waals surface area contributed by atoms with Gasteiger partial charge in [0.2, 0.25) is 0 Å². The maximum atomic E-state index is 11.7. The molecule has 1 rings (SSSR count). The van der Waals surface area contributed by atoms with Crippen molar-refractivity contribution in [2.75, 3.05) is 14.2 Å². The highest BCUT2D eigenvalue weighted by molar-refractivity contribution is 6.12.